The highest BCUT2D eigenvalue weighted by Gasteiger charge is 2.31. The Morgan fingerprint density at radius 2 is 1.90 bits per heavy atom. The third kappa shape index (κ3) is 4.27. The first-order valence-corrected chi connectivity index (χ1v) is 10.8. The molecule has 2 amide bonds. The molecule has 0 radical (unpaired) electrons. The second-order valence-electron chi connectivity index (χ2n) is 8.62. The molecule has 2 saturated heterocycles. The van der Waals surface area contributed by atoms with E-state index in [0.29, 0.717) is 12.3 Å². The fraction of sp³-hybridized carbons (Fsp3) is 0.545. The molecule has 0 saturated carbocycles. The second-order valence-corrected chi connectivity index (χ2v) is 8.62. The van der Waals surface area contributed by atoms with Crippen LogP contribution in [0, 0.1) is 5.92 Å². The van der Waals surface area contributed by atoms with Crippen LogP contribution in [0.25, 0.3) is 11.0 Å². The number of hydrogen-bond donors (Lipinski definition) is 2. The number of carboxylic acids is 1. The van der Waals surface area contributed by atoms with Gasteiger partial charge in [-0.25, -0.2) is 4.79 Å². The number of nitrogens with zero attached hydrogens (tertiary/aromatic N) is 3. The Morgan fingerprint density at radius 1 is 1.16 bits per heavy atom. The van der Waals surface area contributed by atoms with Crippen molar-refractivity contribution >= 4 is 28.8 Å². The molecule has 1 aromatic heterocycles. The van der Waals surface area contributed by atoms with Gasteiger partial charge in [0.15, 0.2) is 0 Å². The van der Waals surface area contributed by atoms with Gasteiger partial charge in [0.25, 0.3) is 0 Å². The van der Waals surface area contributed by atoms with E-state index >= 15 is 0 Å². The predicted molar refractivity (Wildman–Crippen MR) is 114 cm³/mol. The Balaban J connectivity index is 1.53. The largest absolute Gasteiger partial charge is 0.480 e. The summed E-state index contributed by atoms with van der Waals surface area (Å²) in [5.41, 5.74) is 2.37. The molecule has 1 unspecified atom stereocenters. The number of aromatic nitrogens is 2. The van der Waals surface area contributed by atoms with Crippen LogP contribution in [0.4, 0.5) is 0 Å². The lowest BCUT2D eigenvalue weighted by Crippen LogP contribution is -2.44. The van der Waals surface area contributed by atoms with Crippen molar-refractivity contribution in [1.29, 1.82) is 0 Å². The number of benzene rings is 1. The molecule has 2 aromatic rings. The maximum atomic E-state index is 13.0. The number of carbonyl (C=O) groups excluding carboxylic acids is 2. The molecular weight excluding hydrogens is 400 g/mol. The van der Waals surface area contributed by atoms with E-state index in [1.54, 1.807) is 11.6 Å². The first-order valence-electron chi connectivity index (χ1n) is 10.8. The Bertz CT molecular complexity index is 1080. The summed E-state index contributed by atoms with van der Waals surface area (Å²) >= 11 is 0. The minimum absolute atomic E-state index is 0.0992. The van der Waals surface area contributed by atoms with Gasteiger partial charge in [0.1, 0.15) is 6.04 Å². The van der Waals surface area contributed by atoms with Crippen LogP contribution >= 0.6 is 0 Å². The highest BCUT2D eigenvalue weighted by Crippen LogP contribution is 2.28. The smallest absolute Gasteiger partial charge is 0.329 e. The maximum absolute atomic E-state index is 13.0. The summed E-state index contributed by atoms with van der Waals surface area (Å²) in [6, 6.07) is 5.11. The molecule has 1 aromatic carbocycles. The molecule has 9 nitrogen and oxygen atoms in total. The Kier molecular flexibility index (Phi) is 5.95. The van der Waals surface area contributed by atoms with E-state index in [1.165, 1.54) is 4.57 Å². The van der Waals surface area contributed by atoms with Crippen LogP contribution in [0.5, 0.6) is 0 Å². The molecule has 2 aliphatic heterocycles. The molecule has 4 rings (SSSR count). The summed E-state index contributed by atoms with van der Waals surface area (Å²) in [6.07, 6.45) is 4.27. The number of rotatable bonds is 6. The summed E-state index contributed by atoms with van der Waals surface area (Å²) in [5.74, 6) is -0.991. The molecule has 1 atom stereocenters. The van der Waals surface area contributed by atoms with Crippen molar-refractivity contribution in [2.24, 2.45) is 13.0 Å². The third-order valence-corrected chi connectivity index (χ3v) is 6.60. The van der Waals surface area contributed by atoms with E-state index in [-0.39, 0.29) is 24.6 Å². The van der Waals surface area contributed by atoms with Crippen LogP contribution in [0.3, 0.4) is 0 Å². The number of aryl methyl sites for hydroxylation is 2. The number of carboxylic acid groups (broad SMARTS) is 1. The monoisotopic (exact) mass is 428 g/mol. The van der Waals surface area contributed by atoms with Gasteiger partial charge in [0, 0.05) is 13.5 Å². The molecule has 2 aliphatic rings. The van der Waals surface area contributed by atoms with Crippen LogP contribution in [0.15, 0.2) is 23.0 Å². The zero-order chi connectivity index (χ0) is 22.1. The van der Waals surface area contributed by atoms with Crippen molar-refractivity contribution in [2.75, 3.05) is 19.6 Å². The fourth-order valence-electron chi connectivity index (χ4n) is 4.94. The molecule has 3 heterocycles. The molecule has 2 fully saturated rings. The second kappa shape index (κ2) is 8.66. The SMILES string of the molecule is Cn1c(=O)n(C2CCC(=O)NC2=O)c2cccc(CCC3CCN(CC(=O)O)CC3)c21. The Morgan fingerprint density at radius 3 is 2.58 bits per heavy atom. The molecule has 0 bridgehead atoms. The molecule has 0 spiro atoms. The summed E-state index contributed by atoms with van der Waals surface area (Å²) in [7, 11) is 1.72. The zero-order valence-corrected chi connectivity index (χ0v) is 17.7. The summed E-state index contributed by atoms with van der Waals surface area (Å²) in [5, 5.41) is 11.3. The Hall–Kier alpha value is -2.94. The fourth-order valence-corrected chi connectivity index (χ4v) is 4.94. The van der Waals surface area contributed by atoms with Crippen molar-refractivity contribution in [3.63, 3.8) is 0 Å². The summed E-state index contributed by atoms with van der Waals surface area (Å²) < 4.78 is 3.12. The topological polar surface area (TPSA) is 114 Å². The number of likely N-dealkylation sites (tertiary alicyclic amines) is 1. The molecule has 2 N–H and O–H groups in total. The number of amides is 2. The van der Waals surface area contributed by atoms with E-state index in [0.717, 1.165) is 55.4 Å². The summed E-state index contributed by atoms with van der Waals surface area (Å²) in [6.45, 7) is 1.69. The van der Waals surface area contributed by atoms with Crippen molar-refractivity contribution in [2.45, 2.75) is 44.6 Å². The molecular formula is C22H28N4O5. The number of para-hydroxylation sites is 1. The highest BCUT2D eigenvalue weighted by atomic mass is 16.4. The first-order chi connectivity index (χ1) is 14.8. The van der Waals surface area contributed by atoms with Gasteiger partial charge in [-0.2, -0.15) is 0 Å². The van der Waals surface area contributed by atoms with Crippen molar-refractivity contribution in [3.05, 3.63) is 34.2 Å². The summed E-state index contributed by atoms with van der Waals surface area (Å²) in [4.78, 5) is 49.8. The lowest BCUT2D eigenvalue weighted by atomic mass is 9.90. The maximum Gasteiger partial charge on any atom is 0.329 e. The molecule has 31 heavy (non-hydrogen) atoms. The van der Waals surface area contributed by atoms with Crippen molar-refractivity contribution in [3.8, 4) is 0 Å². The van der Waals surface area contributed by atoms with Crippen LogP contribution in [0.1, 0.15) is 43.7 Å². The van der Waals surface area contributed by atoms with E-state index in [9.17, 15) is 19.2 Å². The van der Waals surface area contributed by atoms with Gasteiger partial charge in [0.05, 0.1) is 17.6 Å². The first kappa shape index (κ1) is 21.3. The molecule has 0 aliphatic carbocycles. The van der Waals surface area contributed by atoms with Gasteiger partial charge in [0.2, 0.25) is 11.8 Å². The standard InChI is InChI=1S/C22H28N4O5/c1-24-20-15(6-5-14-9-11-25(12-10-14)13-19(28)29)3-2-4-16(20)26(22(24)31)17-7-8-18(27)23-21(17)30/h2-4,14,17H,5-13H2,1H3,(H,28,29)(H,23,27,30). The van der Waals surface area contributed by atoms with Gasteiger partial charge in [-0.15, -0.1) is 0 Å². The van der Waals surface area contributed by atoms with E-state index in [4.69, 9.17) is 5.11 Å². The number of piperidine rings is 2. The number of carbonyl (C=O) groups is 3. The zero-order valence-electron chi connectivity index (χ0n) is 17.7. The number of hydrogen-bond acceptors (Lipinski definition) is 5. The van der Waals surface area contributed by atoms with Gasteiger partial charge in [-0.05, 0) is 62.7 Å². The predicted octanol–water partition coefficient (Wildman–Crippen LogP) is 1.05. The lowest BCUT2D eigenvalue weighted by Gasteiger charge is -2.30. The molecule has 9 heteroatoms. The quantitative estimate of drug-likeness (QED) is 0.665. The van der Waals surface area contributed by atoms with Gasteiger partial charge in [-0.3, -0.25) is 33.7 Å². The van der Waals surface area contributed by atoms with Crippen LogP contribution in [-0.2, 0) is 27.9 Å². The molecule has 166 valence electrons. The van der Waals surface area contributed by atoms with Gasteiger partial charge >= 0.3 is 11.7 Å². The number of aliphatic carboxylic acids is 1. The minimum Gasteiger partial charge on any atom is -0.480 e. The number of fused-ring (bicyclic) bond motifs is 1. The van der Waals surface area contributed by atoms with E-state index in [1.807, 2.05) is 23.1 Å². The normalized spacial score (nSPS) is 20.9. The van der Waals surface area contributed by atoms with Crippen molar-refractivity contribution < 1.29 is 19.5 Å². The number of imide groups is 1. The van der Waals surface area contributed by atoms with Crippen LogP contribution in [-0.4, -0.2) is 56.6 Å². The van der Waals surface area contributed by atoms with E-state index in [2.05, 4.69) is 5.32 Å². The van der Waals surface area contributed by atoms with Crippen LogP contribution < -0.4 is 11.0 Å². The average Bonchev–Trinajstić information content (AvgIpc) is 2.98. The van der Waals surface area contributed by atoms with Gasteiger partial charge < -0.3 is 5.11 Å². The third-order valence-electron chi connectivity index (χ3n) is 6.60. The van der Waals surface area contributed by atoms with Crippen molar-refractivity contribution in [1.82, 2.24) is 19.4 Å². The average molecular weight is 428 g/mol. The number of imidazole rings is 1. The minimum atomic E-state index is -0.786. The lowest BCUT2D eigenvalue weighted by molar-refractivity contribution is -0.139. The number of nitrogens with one attached hydrogen (secondary N) is 1. The van der Waals surface area contributed by atoms with Gasteiger partial charge in [-0.1, -0.05) is 12.1 Å². The van der Waals surface area contributed by atoms with E-state index < -0.39 is 17.9 Å². The Labute approximate surface area is 179 Å². The van der Waals surface area contributed by atoms with Crippen LogP contribution in [0.2, 0.25) is 0 Å². The highest BCUT2D eigenvalue weighted by molar-refractivity contribution is 6.00.